The third kappa shape index (κ3) is 2.94. The van der Waals surface area contributed by atoms with E-state index in [1.807, 2.05) is 30.3 Å². The van der Waals surface area contributed by atoms with E-state index in [-0.39, 0.29) is 6.61 Å². The monoisotopic (exact) mass is 297 g/mol. The Bertz CT molecular complexity index is 767. The summed E-state index contributed by atoms with van der Waals surface area (Å²) < 4.78 is 7.36. The Balaban J connectivity index is 1.97. The molecule has 0 spiro atoms. The molecule has 5 heteroatoms. The molecule has 0 aliphatic carbocycles. The first-order chi connectivity index (χ1) is 10.8. The topological polar surface area (TPSA) is 60.2 Å². The summed E-state index contributed by atoms with van der Waals surface area (Å²) in [6.07, 6.45) is 3.17. The fourth-order valence-corrected chi connectivity index (χ4v) is 2.57. The van der Waals surface area contributed by atoms with Crippen LogP contribution in [0.2, 0.25) is 0 Å². The summed E-state index contributed by atoms with van der Waals surface area (Å²) in [6.45, 7) is 0.869. The molecule has 0 aliphatic rings. The standard InChI is InChI=1S/C17H19N3O2/c1-22-14-6-2-5-13(11-14)12-16-19-15-7-3-8-18-17(15)20(16)9-4-10-21/h2-3,5-8,11,21H,4,9-10,12H2,1H3. The highest BCUT2D eigenvalue weighted by Crippen LogP contribution is 2.19. The second-order valence-corrected chi connectivity index (χ2v) is 5.13. The Morgan fingerprint density at radius 3 is 2.95 bits per heavy atom. The number of nitrogens with zero attached hydrogens (tertiary/aromatic N) is 3. The highest BCUT2D eigenvalue weighted by Gasteiger charge is 2.12. The number of ether oxygens (including phenoxy) is 1. The van der Waals surface area contributed by atoms with Crippen molar-refractivity contribution in [2.24, 2.45) is 0 Å². The first-order valence-corrected chi connectivity index (χ1v) is 7.35. The summed E-state index contributed by atoms with van der Waals surface area (Å²) >= 11 is 0. The summed E-state index contributed by atoms with van der Waals surface area (Å²) in [5, 5.41) is 9.12. The van der Waals surface area contributed by atoms with E-state index in [2.05, 4.69) is 15.6 Å². The lowest BCUT2D eigenvalue weighted by atomic mass is 10.1. The normalized spacial score (nSPS) is 11.0. The van der Waals surface area contributed by atoms with Gasteiger partial charge in [-0.15, -0.1) is 0 Å². The van der Waals surface area contributed by atoms with Gasteiger partial charge in [0, 0.05) is 25.8 Å². The SMILES string of the molecule is COc1cccc(Cc2nc3cccnc3n2CCCO)c1. The van der Waals surface area contributed by atoms with Gasteiger partial charge < -0.3 is 14.4 Å². The largest absolute Gasteiger partial charge is 0.497 e. The number of aliphatic hydroxyl groups is 1. The first kappa shape index (κ1) is 14.5. The van der Waals surface area contributed by atoms with Crippen molar-refractivity contribution in [1.29, 1.82) is 0 Å². The molecule has 0 bridgehead atoms. The van der Waals surface area contributed by atoms with Crippen molar-refractivity contribution in [1.82, 2.24) is 14.5 Å². The molecule has 2 heterocycles. The molecule has 0 radical (unpaired) electrons. The number of hydrogen-bond donors (Lipinski definition) is 1. The molecule has 1 N–H and O–H groups in total. The van der Waals surface area contributed by atoms with Gasteiger partial charge in [0.25, 0.3) is 0 Å². The van der Waals surface area contributed by atoms with Gasteiger partial charge in [0.2, 0.25) is 0 Å². The lowest BCUT2D eigenvalue weighted by molar-refractivity contribution is 0.280. The van der Waals surface area contributed by atoms with E-state index in [0.717, 1.165) is 28.3 Å². The van der Waals surface area contributed by atoms with Crippen LogP contribution in [0.3, 0.4) is 0 Å². The van der Waals surface area contributed by atoms with Crippen LogP contribution in [0.5, 0.6) is 5.75 Å². The molecule has 3 rings (SSSR count). The number of benzene rings is 1. The molecule has 0 saturated heterocycles. The van der Waals surface area contributed by atoms with Crippen LogP contribution in [-0.4, -0.2) is 33.4 Å². The Kier molecular flexibility index (Phi) is 4.34. The van der Waals surface area contributed by atoms with Gasteiger partial charge in [0.05, 0.1) is 7.11 Å². The Hall–Kier alpha value is -2.40. The fraction of sp³-hybridized carbons (Fsp3) is 0.294. The van der Waals surface area contributed by atoms with E-state index in [1.165, 1.54) is 0 Å². The third-order valence-corrected chi connectivity index (χ3v) is 3.62. The summed E-state index contributed by atoms with van der Waals surface area (Å²) in [4.78, 5) is 9.12. The summed E-state index contributed by atoms with van der Waals surface area (Å²) in [5.41, 5.74) is 2.90. The number of methoxy groups -OCH3 is 1. The summed E-state index contributed by atoms with van der Waals surface area (Å²) in [6, 6.07) is 11.8. The number of aromatic nitrogens is 3. The maximum absolute atomic E-state index is 9.12. The van der Waals surface area contributed by atoms with Crippen LogP contribution in [0.1, 0.15) is 17.8 Å². The number of aliphatic hydroxyl groups excluding tert-OH is 1. The average Bonchev–Trinajstić information content (AvgIpc) is 2.90. The minimum absolute atomic E-state index is 0.158. The van der Waals surface area contributed by atoms with E-state index in [9.17, 15) is 0 Å². The molecule has 114 valence electrons. The van der Waals surface area contributed by atoms with Gasteiger partial charge in [-0.2, -0.15) is 0 Å². The predicted molar refractivity (Wildman–Crippen MR) is 85.0 cm³/mol. The van der Waals surface area contributed by atoms with Crippen LogP contribution in [-0.2, 0) is 13.0 Å². The zero-order valence-electron chi connectivity index (χ0n) is 12.6. The third-order valence-electron chi connectivity index (χ3n) is 3.62. The predicted octanol–water partition coefficient (Wildman–Crippen LogP) is 2.41. The fourth-order valence-electron chi connectivity index (χ4n) is 2.57. The van der Waals surface area contributed by atoms with Crippen molar-refractivity contribution < 1.29 is 9.84 Å². The molecule has 5 nitrogen and oxygen atoms in total. The molecule has 0 unspecified atom stereocenters. The molecule has 0 amide bonds. The van der Waals surface area contributed by atoms with Gasteiger partial charge in [0.1, 0.15) is 17.1 Å². The van der Waals surface area contributed by atoms with Crippen LogP contribution in [0.15, 0.2) is 42.6 Å². The van der Waals surface area contributed by atoms with Crippen molar-refractivity contribution in [2.45, 2.75) is 19.4 Å². The second kappa shape index (κ2) is 6.58. The van der Waals surface area contributed by atoms with Crippen LogP contribution in [0.4, 0.5) is 0 Å². The summed E-state index contributed by atoms with van der Waals surface area (Å²) in [5.74, 6) is 1.80. The lowest BCUT2D eigenvalue weighted by Crippen LogP contribution is -2.07. The Morgan fingerprint density at radius 2 is 2.14 bits per heavy atom. The van der Waals surface area contributed by atoms with E-state index >= 15 is 0 Å². The minimum Gasteiger partial charge on any atom is -0.497 e. The molecule has 0 aliphatic heterocycles. The number of rotatable bonds is 6. The van der Waals surface area contributed by atoms with E-state index in [1.54, 1.807) is 13.3 Å². The zero-order chi connectivity index (χ0) is 15.4. The molecular weight excluding hydrogens is 278 g/mol. The Labute approximate surface area is 129 Å². The molecule has 0 atom stereocenters. The number of fused-ring (bicyclic) bond motifs is 1. The molecular formula is C17H19N3O2. The van der Waals surface area contributed by atoms with Crippen LogP contribution in [0.25, 0.3) is 11.2 Å². The van der Waals surface area contributed by atoms with Gasteiger partial charge >= 0.3 is 0 Å². The second-order valence-electron chi connectivity index (χ2n) is 5.13. The van der Waals surface area contributed by atoms with Crippen LogP contribution < -0.4 is 4.74 Å². The number of aryl methyl sites for hydroxylation is 1. The van der Waals surface area contributed by atoms with Crippen LogP contribution in [0, 0.1) is 0 Å². The van der Waals surface area contributed by atoms with E-state index < -0.39 is 0 Å². The van der Waals surface area contributed by atoms with Crippen molar-refractivity contribution >= 4 is 11.2 Å². The number of pyridine rings is 1. The van der Waals surface area contributed by atoms with Crippen molar-refractivity contribution in [3.8, 4) is 5.75 Å². The summed E-state index contributed by atoms with van der Waals surface area (Å²) in [7, 11) is 1.67. The van der Waals surface area contributed by atoms with E-state index in [0.29, 0.717) is 19.4 Å². The van der Waals surface area contributed by atoms with Gasteiger partial charge in [-0.05, 0) is 36.2 Å². The molecule has 22 heavy (non-hydrogen) atoms. The molecule has 1 aromatic carbocycles. The van der Waals surface area contributed by atoms with Crippen molar-refractivity contribution in [2.75, 3.05) is 13.7 Å². The molecule has 0 saturated carbocycles. The maximum atomic E-state index is 9.12. The number of imidazole rings is 1. The number of hydrogen-bond acceptors (Lipinski definition) is 4. The van der Waals surface area contributed by atoms with Gasteiger partial charge in [0.15, 0.2) is 5.65 Å². The zero-order valence-corrected chi connectivity index (χ0v) is 12.6. The highest BCUT2D eigenvalue weighted by molar-refractivity contribution is 5.71. The van der Waals surface area contributed by atoms with Crippen molar-refractivity contribution in [3.05, 3.63) is 54.0 Å². The molecule has 2 aromatic heterocycles. The molecule has 3 aromatic rings. The first-order valence-electron chi connectivity index (χ1n) is 7.35. The minimum atomic E-state index is 0.158. The van der Waals surface area contributed by atoms with Gasteiger partial charge in [-0.3, -0.25) is 0 Å². The van der Waals surface area contributed by atoms with Crippen LogP contribution >= 0.6 is 0 Å². The average molecular weight is 297 g/mol. The van der Waals surface area contributed by atoms with Gasteiger partial charge in [-0.1, -0.05) is 12.1 Å². The highest BCUT2D eigenvalue weighted by atomic mass is 16.5. The quantitative estimate of drug-likeness (QED) is 0.759. The smallest absolute Gasteiger partial charge is 0.159 e. The lowest BCUT2D eigenvalue weighted by Gasteiger charge is -2.08. The van der Waals surface area contributed by atoms with Gasteiger partial charge in [-0.25, -0.2) is 9.97 Å². The van der Waals surface area contributed by atoms with Crippen molar-refractivity contribution in [3.63, 3.8) is 0 Å². The Morgan fingerprint density at radius 1 is 1.23 bits per heavy atom. The molecule has 0 fully saturated rings. The van der Waals surface area contributed by atoms with E-state index in [4.69, 9.17) is 14.8 Å². The maximum Gasteiger partial charge on any atom is 0.159 e.